The number of pyridine rings is 1. The highest BCUT2D eigenvalue weighted by Crippen LogP contribution is 2.69. The molecule has 0 spiro atoms. The largest absolute Gasteiger partial charge is 0.495 e. The van der Waals surface area contributed by atoms with Crippen LogP contribution in [0.2, 0.25) is 0 Å². The van der Waals surface area contributed by atoms with Gasteiger partial charge in [-0.3, -0.25) is 9.78 Å². The minimum atomic E-state index is -2.00. The Morgan fingerprint density at radius 3 is 2.41 bits per heavy atom. The summed E-state index contributed by atoms with van der Waals surface area (Å²) in [6, 6.07) is 16.8. The summed E-state index contributed by atoms with van der Waals surface area (Å²) in [7, 11) is 4.75. The number of carbonyl (C=O) groups is 1. The molecule has 1 amide bonds. The molecule has 0 bridgehead atoms. The molecule has 176 valence electrons. The van der Waals surface area contributed by atoms with Crippen molar-refractivity contribution < 1.29 is 24.5 Å². The van der Waals surface area contributed by atoms with E-state index in [1.165, 1.54) is 24.4 Å². The van der Waals surface area contributed by atoms with E-state index in [9.17, 15) is 15.0 Å². The van der Waals surface area contributed by atoms with Crippen LogP contribution in [0.4, 0.5) is 0 Å². The first kappa shape index (κ1) is 22.8. The summed E-state index contributed by atoms with van der Waals surface area (Å²) in [4.78, 5) is 19.2. The van der Waals surface area contributed by atoms with Crippen molar-refractivity contribution in [2.75, 3.05) is 21.2 Å². The molecule has 2 N–H and O–H groups in total. The van der Waals surface area contributed by atoms with Gasteiger partial charge in [0.05, 0.1) is 31.0 Å². The Balaban J connectivity index is 1.89. The van der Waals surface area contributed by atoms with Gasteiger partial charge in [-0.25, -0.2) is 0 Å². The maximum atomic E-state index is 13.6. The molecule has 1 fully saturated rings. The van der Waals surface area contributed by atoms with Gasteiger partial charge in [0, 0.05) is 24.5 Å². The Kier molecular flexibility index (Phi) is 5.42. The van der Waals surface area contributed by atoms with Gasteiger partial charge in [0.1, 0.15) is 17.6 Å². The Morgan fingerprint density at radius 2 is 1.79 bits per heavy atom. The third-order valence-electron chi connectivity index (χ3n) is 7.04. The SMILES string of the molecule is COc1cncc2c1[C@]1(O)[C@H](O)C(C(=O)N(C)C)C(c3ccccc3)[C@]1(c1ccc(Br)cc1)O2. The van der Waals surface area contributed by atoms with E-state index in [1.807, 2.05) is 54.6 Å². The molecule has 1 aromatic heterocycles. The first-order chi connectivity index (χ1) is 16.3. The second-order valence-corrected chi connectivity index (χ2v) is 9.83. The highest BCUT2D eigenvalue weighted by atomic mass is 79.9. The van der Waals surface area contributed by atoms with Gasteiger partial charge in [-0.15, -0.1) is 0 Å². The van der Waals surface area contributed by atoms with Crippen LogP contribution in [0.25, 0.3) is 0 Å². The molecule has 1 saturated carbocycles. The lowest BCUT2D eigenvalue weighted by atomic mass is 9.70. The lowest BCUT2D eigenvalue weighted by Gasteiger charge is -2.40. The molecule has 0 radical (unpaired) electrons. The van der Waals surface area contributed by atoms with Crippen molar-refractivity contribution in [3.63, 3.8) is 0 Å². The topological polar surface area (TPSA) is 92.1 Å². The standard InChI is InChI=1S/C26H25BrN2O5/c1-29(2)24(31)20-21(15-7-5-4-6-8-15)26(16-9-11-17(27)12-10-16)25(32,23(20)30)22-18(33-3)13-28-14-19(22)34-26/h4-14,20-21,23,30,32H,1-3H3/t20?,21?,23-,25+,26+/m1/s1. The number of aliphatic hydroxyl groups excluding tert-OH is 1. The van der Waals surface area contributed by atoms with Crippen LogP contribution in [-0.4, -0.2) is 53.3 Å². The van der Waals surface area contributed by atoms with Crippen LogP contribution in [0, 0.1) is 5.92 Å². The zero-order valence-corrected chi connectivity index (χ0v) is 20.6. The number of nitrogens with zero attached hydrogens (tertiary/aromatic N) is 2. The van der Waals surface area contributed by atoms with Crippen molar-refractivity contribution in [2.45, 2.75) is 23.2 Å². The first-order valence-electron chi connectivity index (χ1n) is 10.9. The fourth-order valence-electron chi connectivity index (χ4n) is 5.67. The van der Waals surface area contributed by atoms with Crippen molar-refractivity contribution in [1.82, 2.24) is 9.88 Å². The van der Waals surface area contributed by atoms with Gasteiger partial charge < -0.3 is 24.6 Å². The summed E-state index contributed by atoms with van der Waals surface area (Å²) < 4.78 is 13.0. The molecule has 2 aromatic carbocycles. The molecule has 7 nitrogen and oxygen atoms in total. The van der Waals surface area contributed by atoms with E-state index in [-0.39, 0.29) is 17.2 Å². The second-order valence-electron chi connectivity index (χ2n) is 8.92. The van der Waals surface area contributed by atoms with Crippen LogP contribution in [0.3, 0.4) is 0 Å². The van der Waals surface area contributed by atoms with Crippen LogP contribution in [0.1, 0.15) is 22.6 Å². The summed E-state index contributed by atoms with van der Waals surface area (Å²) >= 11 is 3.47. The average molecular weight is 525 g/mol. The quantitative estimate of drug-likeness (QED) is 0.544. The number of halogens is 1. The maximum absolute atomic E-state index is 13.6. The number of aliphatic hydroxyl groups is 2. The fourth-order valence-corrected chi connectivity index (χ4v) is 5.93. The highest BCUT2D eigenvalue weighted by molar-refractivity contribution is 9.10. The van der Waals surface area contributed by atoms with Crippen molar-refractivity contribution in [3.8, 4) is 11.5 Å². The lowest BCUT2D eigenvalue weighted by Crippen LogP contribution is -2.52. The number of aromatic nitrogens is 1. The molecule has 2 unspecified atom stereocenters. The Morgan fingerprint density at radius 1 is 1.12 bits per heavy atom. The van der Waals surface area contributed by atoms with Crippen LogP contribution in [0.15, 0.2) is 71.5 Å². The van der Waals surface area contributed by atoms with Gasteiger partial charge in [-0.2, -0.15) is 0 Å². The molecular weight excluding hydrogens is 500 g/mol. The van der Waals surface area contributed by atoms with Gasteiger partial charge >= 0.3 is 0 Å². The number of fused-ring (bicyclic) bond motifs is 3. The third-order valence-corrected chi connectivity index (χ3v) is 7.57. The minimum Gasteiger partial charge on any atom is -0.495 e. The van der Waals surface area contributed by atoms with Gasteiger partial charge in [0.25, 0.3) is 0 Å². The van der Waals surface area contributed by atoms with Crippen LogP contribution < -0.4 is 9.47 Å². The van der Waals surface area contributed by atoms with Crippen molar-refractivity contribution in [1.29, 1.82) is 0 Å². The number of carbonyl (C=O) groups excluding carboxylic acids is 1. The van der Waals surface area contributed by atoms with E-state index in [0.29, 0.717) is 11.3 Å². The zero-order valence-electron chi connectivity index (χ0n) is 19.0. The van der Waals surface area contributed by atoms with E-state index < -0.39 is 29.1 Å². The monoisotopic (exact) mass is 524 g/mol. The molecule has 5 atom stereocenters. The molecule has 8 heteroatoms. The third kappa shape index (κ3) is 2.88. The van der Waals surface area contributed by atoms with Crippen molar-refractivity contribution >= 4 is 21.8 Å². The smallest absolute Gasteiger partial charge is 0.228 e. The molecule has 2 aliphatic rings. The summed E-state index contributed by atoms with van der Waals surface area (Å²) in [5.74, 6) is -1.43. The Bertz CT molecular complexity index is 1240. The van der Waals surface area contributed by atoms with E-state index in [4.69, 9.17) is 9.47 Å². The molecule has 1 aliphatic heterocycles. The van der Waals surface area contributed by atoms with Gasteiger partial charge in [0.15, 0.2) is 11.2 Å². The van der Waals surface area contributed by atoms with Crippen molar-refractivity contribution in [3.05, 3.63) is 88.2 Å². The van der Waals surface area contributed by atoms with E-state index in [2.05, 4.69) is 20.9 Å². The average Bonchev–Trinajstić information content (AvgIpc) is 3.22. The minimum absolute atomic E-state index is 0.280. The fraction of sp³-hybridized carbons (Fsp3) is 0.308. The summed E-state index contributed by atoms with van der Waals surface area (Å²) in [6.07, 6.45) is 1.49. The lowest BCUT2D eigenvalue weighted by molar-refractivity contribution is -0.156. The number of hydrogen-bond acceptors (Lipinski definition) is 6. The first-order valence-corrected chi connectivity index (χ1v) is 11.7. The Labute approximate surface area is 206 Å². The molecule has 5 rings (SSSR count). The number of hydrogen-bond donors (Lipinski definition) is 2. The van der Waals surface area contributed by atoms with E-state index in [0.717, 1.165) is 10.0 Å². The van der Waals surface area contributed by atoms with E-state index >= 15 is 0 Å². The Hall–Kier alpha value is -2.94. The number of methoxy groups -OCH3 is 1. The molecular formula is C26H25BrN2O5. The van der Waals surface area contributed by atoms with Crippen molar-refractivity contribution in [2.24, 2.45) is 5.92 Å². The predicted octanol–water partition coefficient (Wildman–Crippen LogP) is 3.19. The predicted molar refractivity (Wildman–Crippen MR) is 129 cm³/mol. The van der Waals surface area contributed by atoms with Crippen LogP contribution in [-0.2, 0) is 16.0 Å². The van der Waals surface area contributed by atoms with E-state index in [1.54, 1.807) is 14.1 Å². The molecule has 0 saturated heterocycles. The molecule has 2 heterocycles. The summed E-state index contributed by atoms with van der Waals surface area (Å²) in [6.45, 7) is 0. The summed E-state index contributed by atoms with van der Waals surface area (Å²) in [5, 5.41) is 24.5. The van der Waals surface area contributed by atoms with Gasteiger partial charge in [0.2, 0.25) is 5.91 Å². The van der Waals surface area contributed by atoms with Crippen LogP contribution in [0.5, 0.6) is 11.5 Å². The number of rotatable bonds is 4. The summed E-state index contributed by atoms with van der Waals surface area (Å²) in [5.41, 5.74) is -1.85. The normalized spacial score (nSPS) is 29.2. The van der Waals surface area contributed by atoms with Gasteiger partial charge in [-0.05, 0) is 23.3 Å². The molecule has 34 heavy (non-hydrogen) atoms. The maximum Gasteiger partial charge on any atom is 0.228 e. The second kappa shape index (κ2) is 8.08. The molecule has 1 aliphatic carbocycles. The molecule has 3 aromatic rings. The highest BCUT2D eigenvalue weighted by Gasteiger charge is 2.78. The zero-order chi connectivity index (χ0) is 24.3. The van der Waals surface area contributed by atoms with Gasteiger partial charge in [-0.1, -0.05) is 58.4 Å². The number of amides is 1. The number of benzene rings is 2. The number of ether oxygens (including phenoxy) is 2. The van der Waals surface area contributed by atoms with Crippen LogP contribution >= 0.6 is 15.9 Å².